The van der Waals surface area contributed by atoms with Crippen molar-refractivity contribution in [3.63, 3.8) is 0 Å². The molecule has 0 radical (unpaired) electrons. The third kappa shape index (κ3) is 6.86. The number of carbonyl (C=O) groups is 1. The van der Waals surface area contributed by atoms with Crippen molar-refractivity contribution in [2.45, 2.75) is 6.10 Å². The second-order valence-electron chi connectivity index (χ2n) is 7.75. The van der Waals surface area contributed by atoms with Gasteiger partial charge in [0.15, 0.2) is 0 Å². The maximum atomic E-state index is 11.1. The number of nitrogens with two attached hydrogens (primary N) is 1. The van der Waals surface area contributed by atoms with Gasteiger partial charge in [-0.1, -0.05) is 34.8 Å². The van der Waals surface area contributed by atoms with E-state index in [1.165, 1.54) is 11.5 Å². The van der Waals surface area contributed by atoms with Gasteiger partial charge in [0.2, 0.25) is 5.91 Å². The summed E-state index contributed by atoms with van der Waals surface area (Å²) in [7, 11) is 0. The zero-order valence-electron chi connectivity index (χ0n) is 19.0. The van der Waals surface area contributed by atoms with Crippen molar-refractivity contribution in [2.75, 3.05) is 26.3 Å². The smallest absolute Gasteiger partial charge is 0.248 e. The quantitative estimate of drug-likeness (QED) is 0.261. The van der Waals surface area contributed by atoms with Crippen LogP contribution in [0.1, 0.15) is 10.4 Å². The van der Waals surface area contributed by atoms with E-state index >= 15 is 0 Å². The molecule has 4 rings (SSSR count). The summed E-state index contributed by atoms with van der Waals surface area (Å²) >= 11 is 1.36. The van der Waals surface area contributed by atoms with Crippen LogP contribution in [0, 0.1) is 0 Å². The molecule has 1 heterocycles. The molecule has 180 valence electrons. The van der Waals surface area contributed by atoms with Crippen molar-refractivity contribution < 1.29 is 19.4 Å². The lowest BCUT2D eigenvalue weighted by Gasteiger charge is -2.14. The number of nitrogens with one attached hydrogen (secondary N) is 1. The zero-order valence-corrected chi connectivity index (χ0v) is 19.8. The van der Waals surface area contributed by atoms with Crippen molar-refractivity contribution in [3.8, 4) is 33.2 Å². The number of hydrogen-bond donors (Lipinski definition) is 3. The molecule has 0 fully saturated rings. The van der Waals surface area contributed by atoms with E-state index in [0.29, 0.717) is 36.8 Å². The minimum atomic E-state index is -0.667. The van der Waals surface area contributed by atoms with E-state index < -0.39 is 12.0 Å². The van der Waals surface area contributed by atoms with Gasteiger partial charge in [-0.25, -0.2) is 0 Å². The maximum Gasteiger partial charge on any atom is 0.248 e. The van der Waals surface area contributed by atoms with Crippen LogP contribution >= 0.6 is 11.5 Å². The molecule has 1 aromatic heterocycles. The average molecular weight is 491 g/mol. The Bertz CT molecular complexity index is 1210. The average Bonchev–Trinajstić information content (AvgIpc) is 3.38. The molecule has 3 aromatic carbocycles. The Morgan fingerprint density at radius 3 is 2.34 bits per heavy atom. The SMILES string of the molecule is NC(=O)c1ccc(OCCNCC(O)COc2ccc(-c3snnc3-c3ccccc3)cc2)cc1. The molecule has 9 heteroatoms. The van der Waals surface area contributed by atoms with Crippen molar-refractivity contribution in [1.29, 1.82) is 0 Å². The van der Waals surface area contributed by atoms with E-state index in [1.807, 2.05) is 54.6 Å². The normalized spacial score (nSPS) is 11.7. The Kier molecular flexibility index (Phi) is 8.39. The number of aliphatic hydroxyl groups is 1. The number of amides is 1. The second kappa shape index (κ2) is 12.1. The van der Waals surface area contributed by atoms with Gasteiger partial charge in [-0.2, -0.15) is 0 Å². The molecule has 0 aliphatic heterocycles. The van der Waals surface area contributed by atoms with E-state index in [1.54, 1.807) is 24.3 Å². The molecule has 35 heavy (non-hydrogen) atoms. The van der Waals surface area contributed by atoms with Crippen LogP contribution in [0.25, 0.3) is 21.7 Å². The third-order valence-electron chi connectivity index (χ3n) is 5.16. The summed E-state index contributed by atoms with van der Waals surface area (Å²) in [4.78, 5) is 12.1. The summed E-state index contributed by atoms with van der Waals surface area (Å²) < 4.78 is 15.4. The van der Waals surface area contributed by atoms with Gasteiger partial charge in [0.05, 0.1) is 4.88 Å². The van der Waals surface area contributed by atoms with Crippen LogP contribution in [0.4, 0.5) is 0 Å². The summed E-state index contributed by atoms with van der Waals surface area (Å²) in [5.41, 5.74) is 8.55. The lowest BCUT2D eigenvalue weighted by Crippen LogP contribution is -2.33. The molecule has 1 unspecified atom stereocenters. The number of ether oxygens (including phenoxy) is 2. The van der Waals surface area contributed by atoms with Gasteiger partial charge >= 0.3 is 0 Å². The molecular weight excluding hydrogens is 464 g/mol. The number of benzene rings is 3. The molecule has 1 atom stereocenters. The first-order chi connectivity index (χ1) is 17.1. The summed E-state index contributed by atoms with van der Waals surface area (Å²) in [6, 6.07) is 24.3. The molecule has 0 aliphatic carbocycles. The molecule has 0 spiro atoms. The molecule has 1 amide bonds. The number of aromatic nitrogens is 2. The van der Waals surface area contributed by atoms with Crippen LogP contribution in [0.15, 0.2) is 78.9 Å². The fourth-order valence-electron chi connectivity index (χ4n) is 3.34. The van der Waals surface area contributed by atoms with Gasteiger partial charge in [-0.15, -0.1) is 5.10 Å². The molecule has 4 N–H and O–H groups in total. The highest BCUT2D eigenvalue weighted by molar-refractivity contribution is 7.09. The predicted octanol–water partition coefficient (Wildman–Crippen LogP) is 3.38. The Balaban J connectivity index is 1.18. The molecule has 0 saturated carbocycles. The number of hydrogen-bond acceptors (Lipinski definition) is 8. The maximum absolute atomic E-state index is 11.1. The van der Waals surface area contributed by atoms with Crippen molar-refractivity contribution >= 4 is 17.4 Å². The minimum Gasteiger partial charge on any atom is -0.492 e. The standard InChI is InChI=1S/C26H26N4O4S/c27-26(32)20-8-12-22(13-9-20)33-15-14-28-16-21(31)17-34-23-10-6-19(7-11-23)25-24(29-30-35-25)18-4-2-1-3-5-18/h1-13,21,28,31H,14-17H2,(H2,27,32). The fourth-order valence-corrected chi connectivity index (χ4v) is 4.03. The lowest BCUT2D eigenvalue weighted by molar-refractivity contribution is 0.1000. The molecule has 0 aliphatic rings. The molecule has 8 nitrogen and oxygen atoms in total. The van der Waals surface area contributed by atoms with Crippen molar-refractivity contribution in [3.05, 3.63) is 84.4 Å². The highest BCUT2D eigenvalue weighted by Crippen LogP contribution is 2.33. The summed E-state index contributed by atoms with van der Waals surface area (Å²) in [5, 5.41) is 17.6. The first kappa shape index (κ1) is 24.3. The first-order valence-electron chi connectivity index (χ1n) is 11.1. The lowest BCUT2D eigenvalue weighted by atomic mass is 10.1. The molecule has 0 saturated heterocycles. The zero-order chi connectivity index (χ0) is 24.5. The molecular formula is C26H26N4O4S. The number of carbonyl (C=O) groups excluding carboxylic acids is 1. The third-order valence-corrected chi connectivity index (χ3v) is 5.94. The Labute approximate surface area is 207 Å². The van der Waals surface area contributed by atoms with Gasteiger partial charge in [-0.3, -0.25) is 4.79 Å². The minimum absolute atomic E-state index is 0.166. The van der Waals surface area contributed by atoms with Crippen LogP contribution in [0.5, 0.6) is 11.5 Å². The summed E-state index contributed by atoms with van der Waals surface area (Å²) in [6.45, 7) is 1.51. The fraction of sp³-hybridized carbons (Fsp3) is 0.192. The number of nitrogens with zero attached hydrogens (tertiary/aromatic N) is 2. The summed E-state index contributed by atoms with van der Waals surface area (Å²) in [5.74, 6) is 0.850. The van der Waals surface area contributed by atoms with Crippen LogP contribution in [-0.4, -0.2) is 53.0 Å². The molecule has 4 aromatic rings. The monoisotopic (exact) mass is 490 g/mol. The predicted molar refractivity (Wildman–Crippen MR) is 136 cm³/mol. The highest BCUT2D eigenvalue weighted by Gasteiger charge is 2.12. The van der Waals surface area contributed by atoms with Gasteiger partial charge in [-0.05, 0) is 65.6 Å². The number of rotatable bonds is 12. The molecule has 0 bridgehead atoms. The summed E-state index contributed by atoms with van der Waals surface area (Å²) in [6.07, 6.45) is -0.667. The van der Waals surface area contributed by atoms with Gasteiger partial charge in [0, 0.05) is 24.2 Å². The van der Waals surface area contributed by atoms with Crippen LogP contribution in [0.2, 0.25) is 0 Å². The first-order valence-corrected chi connectivity index (χ1v) is 11.9. The van der Waals surface area contributed by atoms with E-state index in [9.17, 15) is 9.90 Å². The van der Waals surface area contributed by atoms with Gasteiger partial charge in [0.25, 0.3) is 0 Å². The second-order valence-corrected chi connectivity index (χ2v) is 8.50. The van der Waals surface area contributed by atoms with Crippen molar-refractivity contribution in [1.82, 2.24) is 14.9 Å². The van der Waals surface area contributed by atoms with E-state index in [0.717, 1.165) is 21.7 Å². The Hall–Kier alpha value is -3.79. The van der Waals surface area contributed by atoms with Crippen molar-refractivity contribution in [2.24, 2.45) is 5.73 Å². The van der Waals surface area contributed by atoms with Gasteiger partial charge < -0.3 is 25.6 Å². The Morgan fingerprint density at radius 2 is 1.63 bits per heavy atom. The van der Waals surface area contributed by atoms with Gasteiger partial charge in [0.1, 0.15) is 36.5 Å². The number of primary amides is 1. The van der Waals surface area contributed by atoms with E-state index in [4.69, 9.17) is 15.2 Å². The van der Waals surface area contributed by atoms with Crippen LogP contribution in [-0.2, 0) is 0 Å². The number of aliphatic hydroxyl groups excluding tert-OH is 1. The Morgan fingerprint density at radius 1 is 0.943 bits per heavy atom. The van der Waals surface area contributed by atoms with Crippen LogP contribution in [0.3, 0.4) is 0 Å². The van der Waals surface area contributed by atoms with E-state index in [2.05, 4.69) is 14.9 Å². The van der Waals surface area contributed by atoms with E-state index in [-0.39, 0.29) is 6.61 Å². The topological polar surface area (TPSA) is 120 Å². The largest absolute Gasteiger partial charge is 0.492 e. The highest BCUT2D eigenvalue weighted by atomic mass is 32.1. The van der Waals surface area contributed by atoms with Crippen LogP contribution < -0.4 is 20.5 Å².